The van der Waals surface area contributed by atoms with Gasteiger partial charge in [0.25, 0.3) is 5.91 Å². The summed E-state index contributed by atoms with van der Waals surface area (Å²) in [5, 5.41) is 0. The van der Waals surface area contributed by atoms with Crippen molar-refractivity contribution >= 4 is 5.91 Å². The molecule has 2 aromatic rings. The summed E-state index contributed by atoms with van der Waals surface area (Å²) in [4.78, 5) is 18.7. The second kappa shape index (κ2) is 8.86. The monoisotopic (exact) mass is 425 g/mol. The molecular weight excluding hydrogens is 403 g/mol. The second-order valence-corrected chi connectivity index (χ2v) is 7.77. The number of hydrogen-bond donors (Lipinski definition) is 0. The Balaban J connectivity index is 1.46. The number of rotatable bonds is 3. The third-order valence-corrected chi connectivity index (χ3v) is 5.51. The van der Waals surface area contributed by atoms with Gasteiger partial charge in [0, 0.05) is 44.4 Å². The number of hydrogen-bond acceptors (Lipinski definition) is 3. The lowest BCUT2D eigenvalue weighted by Crippen LogP contribution is -2.50. The van der Waals surface area contributed by atoms with Gasteiger partial charge in [-0.3, -0.25) is 9.69 Å². The molecule has 7 heteroatoms. The van der Waals surface area contributed by atoms with Crippen molar-refractivity contribution in [2.75, 3.05) is 33.4 Å². The number of nitrogens with zero attached hydrogens (tertiary/aromatic N) is 3. The summed E-state index contributed by atoms with van der Waals surface area (Å²) >= 11 is 0. The summed E-state index contributed by atoms with van der Waals surface area (Å²) in [5.41, 5.74) is 2.82. The number of carbonyl (C=O) groups excluding carboxylic acids is 1. The molecule has 31 heavy (non-hydrogen) atoms. The van der Waals surface area contributed by atoms with Gasteiger partial charge in [-0.1, -0.05) is 30.0 Å². The SMILES string of the molecule is CN1CN(Cc2cc(F)c(F)c(F)c2)C(=O)C2=C1CCN(CC#Cc1ccccc1)C2. The Bertz CT molecular complexity index is 1070. The molecular formula is C24H22F3N3O. The molecule has 0 fully saturated rings. The van der Waals surface area contributed by atoms with Gasteiger partial charge >= 0.3 is 0 Å². The van der Waals surface area contributed by atoms with Crippen molar-refractivity contribution in [3.63, 3.8) is 0 Å². The fourth-order valence-corrected chi connectivity index (χ4v) is 3.97. The molecule has 0 aliphatic carbocycles. The van der Waals surface area contributed by atoms with E-state index in [9.17, 15) is 18.0 Å². The predicted octanol–water partition coefficient (Wildman–Crippen LogP) is 3.35. The third kappa shape index (κ3) is 4.59. The van der Waals surface area contributed by atoms with Crippen LogP contribution < -0.4 is 0 Å². The van der Waals surface area contributed by atoms with E-state index >= 15 is 0 Å². The lowest BCUT2D eigenvalue weighted by Gasteiger charge is -2.42. The summed E-state index contributed by atoms with van der Waals surface area (Å²) in [6, 6.07) is 11.6. The Labute approximate surface area is 179 Å². The van der Waals surface area contributed by atoms with Crippen LogP contribution >= 0.6 is 0 Å². The number of amides is 1. The van der Waals surface area contributed by atoms with Gasteiger partial charge in [-0.15, -0.1) is 0 Å². The van der Waals surface area contributed by atoms with E-state index < -0.39 is 17.5 Å². The van der Waals surface area contributed by atoms with Gasteiger partial charge in [0.2, 0.25) is 0 Å². The highest BCUT2D eigenvalue weighted by molar-refractivity contribution is 5.95. The van der Waals surface area contributed by atoms with Crippen LogP contribution in [0.25, 0.3) is 0 Å². The summed E-state index contributed by atoms with van der Waals surface area (Å²) in [6.45, 7) is 2.12. The lowest BCUT2D eigenvalue weighted by molar-refractivity contribution is -0.131. The molecule has 0 N–H and O–H groups in total. The number of benzene rings is 2. The molecule has 0 saturated carbocycles. The zero-order chi connectivity index (χ0) is 22.0. The van der Waals surface area contributed by atoms with Gasteiger partial charge in [0.05, 0.1) is 18.8 Å². The summed E-state index contributed by atoms with van der Waals surface area (Å²) in [6.07, 6.45) is 0.734. The molecule has 2 aromatic carbocycles. The van der Waals surface area contributed by atoms with E-state index in [4.69, 9.17) is 0 Å². The Morgan fingerprint density at radius 1 is 1.06 bits per heavy atom. The first kappa shape index (κ1) is 21.0. The van der Waals surface area contributed by atoms with Gasteiger partial charge in [-0.05, 0) is 29.8 Å². The van der Waals surface area contributed by atoms with Crippen LogP contribution in [0.5, 0.6) is 0 Å². The first-order valence-corrected chi connectivity index (χ1v) is 10.0. The molecule has 2 aliphatic rings. The van der Waals surface area contributed by atoms with E-state index in [1.807, 2.05) is 42.3 Å². The fourth-order valence-electron chi connectivity index (χ4n) is 3.97. The largest absolute Gasteiger partial charge is 0.360 e. The maximum absolute atomic E-state index is 13.6. The topological polar surface area (TPSA) is 26.8 Å². The average Bonchev–Trinajstić information content (AvgIpc) is 2.76. The van der Waals surface area contributed by atoms with Crippen molar-refractivity contribution in [3.8, 4) is 11.8 Å². The van der Waals surface area contributed by atoms with Gasteiger partial charge in [-0.25, -0.2) is 13.2 Å². The van der Waals surface area contributed by atoms with E-state index in [0.717, 1.165) is 36.4 Å². The van der Waals surface area contributed by atoms with Gasteiger partial charge < -0.3 is 9.80 Å². The Morgan fingerprint density at radius 3 is 2.48 bits per heavy atom. The van der Waals surface area contributed by atoms with Crippen LogP contribution in [0.2, 0.25) is 0 Å². The molecule has 0 bridgehead atoms. The van der Waals surface area contributed by atoms with Crippen LogP contribution in [0.3, 0.4) is 0 Å². The molecule has 4 nitrogen and oxygen atoms in total. The quantitative estimate of drug-likeness (QED) is 0.558. The minimum Gasteiger partial charge on any atom is -0.360 e. The molecule has 2 aliphatic heterocycles. The van der Waals surface area contributed by atoms with E-state index in [2.05, 4.69) is 16.7 Å². The van der Waals surface area contributed by atoms with Crippen LogP contribution in [0.1, 0.15) is 17.5 Å². The zero-order valence-electron chi connectivity index (χ0n) is 17.2. The third-order valence-electron chi connectivity index (χ3n) is 5.51. The number of carbonyl (C=O) groups is 1. The minimum atomic E-state index is -1.50. The van der Waals surface area contributed by atoms with E-state index in [-0.39, 0.29) is 18.0 Å². The van der Waals surface area contributed by atoms with Crippen molar-refractivity contribution in [2.24, 2.45) is 0 Å². The minimum absolute atomic E-state index is 0.00187. The molecule has 0 spiro atoms. The molecule has 0 saturated heterocycles. The van der Waals surface area contributed by atoms with Crippen LogP contribution in [-0.2, 0) is 11.3 Å². The molecule has 4 rings (SSSR count). The summed E-state index contributed by atoms with van der Waals surface area (Å²) in [5.74, 6) is 2.10. The van der Waals surface area contributed by atoms with E-state index in [1.54, 1.807) is 0 Å². The van der Waals surface area contributed by atoms with Crippen molar-refractivity contribution in [2.45, 2.75) is 13.0 Å². The molecule has 0 radical (unpaired) electrons. The van der Waals surface area contributed by atoms with E-state index in [0.29, 0.717) is 25.3 Å². The van der Waals surface area contributed by atoms with Gasteiger partial charge in [0.1, 0.15) is 0 Å². The maximum atomic E-state index is 13.6. The highest BCUT2D eigenvalue weighted by Gasteiger charge is 2.33. The number of halogens is 3. The van der Waals surface area contributed by atoms with E-state index in [1.165, 1.54) is 4.90 Å². The Morgan fingerprint density at radius 2 is 1.77 bits per heavy atom. The van der Waals surface area contributed by atoms with Crippen molar-refractivity contribution in [1.82, 2.24) is 14.7 Å². The van der Waals surface area contributed by atoms with Crippen LogP contribution in [0.15, 0.2) is 53.7 Å². The predicted molar refractivity (Wildman–Crippen MR) is 111 cm³/mol. The van der Waals surface area contributed by atoms with Crippen molar-refractivity contribution < 1.29 is 18.0 Å². The molecule has 1 amide bonds. The summed E-state index contributed by atoms with van der Waals surface area (Å²) in [7, 11) is 1.89. The second-order valence-electron chi connectivity index (χ2n) is 7.77. The van der Waals surface area contributed by atoms with Crippen molar-refractivity contribution in [3.05, 3.63) is 82.3 Å². The Kier molecular flexibility index (Phi) is 6.01. The van der Waals surface area contributed by atoms with Crippen LogP contribution in [0.4, 0.5) is 13.2 Å². The zero-order valence-corrected chi connectivity index (χ0v) is 17.2. The lowest BCUT2D eigenvalue weighted by atomic mass is 10.0. The maximum Gasteiger partial charge on any atom is 0.254 e. The first-order valence-electron chi connectivity index (χ1n) is 10.0. The first-order chi connectivity index (χ1) is 14.9. The highest BCUT2D eigenvalue weighted by atomic mass is 19.2. The molecule has 0 unspecified atom stereocenters. The standard InChI is InChI=1S/C24H22F3N3O/c1-28-16-30(14-18-12-20(25)23(27)21(26)13-18)24(31)19-15-29(11-9-22(19)28)10-5-8-17-6-3-2-4-7-17/h2-4,6-7,12-13H,9-11,14-16H2,1H3. The highest BCUT2D eigenvalue weighted by Crippen LogP contribution is 2.27. The van der Waals surface area contributed by atoms with Crippen molar-refractivity contribution in [1.29, 1.82) is 0 Å². The molecule has 160 valence electrons. The molecule has 0 aromatic heterocycles. The summed E-state index contributed by atoms with van der Waals surface area (Å²) < 4.78 is 40.4. The fraction of sp³-hybridized carbons (Fsp3) is 0.292. The van der Waals surface area contributed by atoms with Gasteiger partial charge in [-0.2, -0.15) is 0 Å². The average molecular weight is 425 g/mol. The van der Waals surface area contributed by atoms with Crippen LogP contribution in [0, 0.1) is 29.3 Å². The normalized spacial score (nSPS) is 16.8. The molecule has 2 heterocycles. The van der Waals surface area contributed by atoms with Gasteiger partial charge in [0.15, 0.2) is 17.5 Å². The smallest absolute Gasteiger partial charge is 0.254 e. The van der Waals surface area contributed by atoms with Crippen LogP contribution in [-0.4, -0.2) is 54.0 Å². The molecule has 0 atom stereocenters. The Hall–Kier alpha value is -3.24.